The zero-order valence-corrected chi connectivity index (χ0v) is 12.9. The molecule has 2 aliphatic rings. The Morgan fingerprint density at radius 3 is 2.80 bits per heavy atom. The van der Waals surface area contributed by atoms with Gasteiger partial charge in [0, 0.05) is 29.2 Å². The number of rotatable bonds is 3. The van der Waals surface area contributed by atoms with Crippen LogP contribution in [-0.2, 0) is 9.59 Å². The molecular weight excluding hydrogens is 320 g/mol. The lowest BCUT2D eigenvalue weighted by Gasteiger charge is -2.17. The fraction of sp³-hybridized carbons (Fsp3) is 0.467. The second kappa shape index (κ2) is 5.20. The molecule has 0 radical (unpaired) electrons. The van der Waals surface area contributed by atoms with Gasteiger partial charge in [-0.2, -0.15) is 0 Å². The van der Waals surface area contributed by atoms with Gasteiger partial charge in [0.2, 0.25) is 11.8 Å². The molecule has 2 amide bonds. The molecule has 1 aliphatic carbocycles. The Balaban J connectivity index is 1.72. The second-order valence-corrected chi connectivity index (χ2v) is 6.48. The van der Waals surface area contributed by atoms with Crippen LogP contribution in [-0.4, -0.2) is 24.4 Å². The summed E-state index contributed by atoms with van der Waals surface area (Å²) in [5, 5.41) is 2.98. The van der Waals surface area contributed by atoms with Crippen molar-refractivity contribution in [2.75, 3.05) is 11.4 Å². The van der Waals surface area contributed by atoms with E-state index in [2.05, 4.69) is 21.2 Å². The number of carbonyl (C=O) groups excluding carboxylic acids is 2. The van der Waals surface area contributed by atoms with Crippen molar-refractivity contribution in [1.29, 1.82) is 0 Å². The van der Waals surface area contributed by atoms with Gasteiger partial charge in [0.25, 0.3) is 0 Å². The first-order valence-electron chi connectivity index (χ1n) is 6.91. The molecule has 1 saturated carbocycles. The molecule has 4 nitrogen and oxygen atoms in total. The topological polar surface area (TPSA) is 49.4 Å². The Kier molecular flexibility index (Phi) is 3.54. The molecule has 2 fully saturated rings. The summed E-state index contributed by atoms with van der Waals surface area (Å²) in [6.45, 7) is 2.48. The smallest absolute Gasteiger partial charge is 0.227 e. The van der Waals surface area contributed by atoms with Crippen LogP contribution in [0, 0.1) is 12.8 Å². The number of carbonyl (C=O) groups is 2. The van der Waals surface area contributed by atoms with Gasteiger partial charge in [0.05, 0.1) is 5.92 Å². The van der Waals surface area contributed by atoms with Crippen LogP contribution in [0.3, 0.4) is 0 Å². The van der Waals surface area contributed by atoms with Crippen LogP contribution >= 0.6 is 15.9 Å². The third-order valence-electron chi connectivity index (χ3n) is 3.87. The molecule has 1 aromatic carbocycles. The maximum atomic E-state index is 12.1. The predicted molar refractivity (Wildman–Crippen MR) is 80.5 cm³/mol. The van der Waals surface area contributed by atoms with Gasteiger partial charge in [0.15, 0.2) is 0 Å². The van der Waals surface area contributed by atoms with Gasteiger partial charge >= 0.3 is 0 Å². The molecule has 1 N–H and O–H groups in total. The van der Waals surface area contributed by atoms with E-state index in [9.17, 15) is 9.59 Å². The molecule has 3 rings (SSSR count). The summed E-state index contributed by atoms with van der Waals surface area (Å²) >= 11 is 3.45. The van der Waals surface area contributed by atoms with E-state index >= 15 is 0 Å². The summed E-state index contributed by atoms with van der Waals surface area (Å²) in [5.74, 6) is -0.160. The summed E-state index contributed by atoms with van der Waals surface area (Å²) < 4.78 is 1.02. The van der Waals surface area contributed by atoms with Crippen molar-refractivity contribution >= 4 is 33.4 Å². The minimum atomic E-state index is -0.216. The minimum absolute atomic E-state index is 0.0252. The highest BCUT2D eigenvalue weighted by atomic mass is 79.9. The van der Waals surface area contributed by atoms with Crippen molar-refractivity contribution in [3.63, 3.8) is 0 Å². The van der Waals surface area contributed by atoms with E-state index in [1.807, 2.05) is 25.1 Å². The van der Waals surface area contributed by atoms with E-state index in [1.165, 1.54) is 0 Å². The molecule has 0 bridgehead atoms. The summed E-state index contributed by atoms with van der Waals surface area (Å²) in [6, 6.07) is 6.18. The fourth-order valence-electron chi connectivity index (χ4n) is 2.48. The molecule has 20 heavy (non-hydrogen) atoms. The lowest BCUT2D eigenvalue weighted by atomic mass is 10.1. The Morgan fingerprint density at radius 1 is 1.40 bits per heavy atom. The molecule has 1 atom stereocenters. The zero-order valence-electron chi connectivity index (χ0n) is 11.4. The Hall–Kier alpha value is -1.36. The molecule has 5 heteroatoms. The van der Waals surface area contributed by atoms with Gasteiger partial charge in [-0.1, -0.05) is 15.9 Å². The number of hydrogen-bond acceptors (Lipinski definition) is 2. The lowest BCUT2D eigenvalue weighted by Crippen LogP contribution is -2.34. The summed E-state index contributed by atoms with van der Waals surface area (Å²) in [6.07, 6.45) is 2.46. The first kappa shape index (κ1) is 13.6. The van der Waals surface area contributed by atoms with Crippen molar-refractivity contribution in [1.82, 2.24) is 5.32 Å². The molecule has 1 saturated heterocycles. The molecule has 1 aromatic rings. The van der Waals surface area contributed by atoms with E-state index < -0.39 is 0 Å². The van der Waals surface area contributed by atoms with Crippen LogP contribution < -0.4 is 10.2 Å². The largest absolute Gasteiger partial charge is 0.353 e. The maximum Gasteiger partial charge on any atom is 0.227 e. The van der Waals surface area contributed by atoms with Gasteiger partial charge < -0.3 is 10.2 Å². The Bertz CT molecular complexity index is 569. The van der Waals surface area contributed by atoms with E-state index in [0.29, 0.717) is 19.0 Å². The molecular formula is C15H17BrN2O2. The minimum Gasteiger partial charge on any atom is -0.353 e. The van der Waals surface area contributed by atoms with E-state index in [-0.39, 0.29) is 17.7 Å². The highest BCUT2D eigenvalue weighted by Crippen LogP contribution is 2.29. The lowest BCUT2D eigenvalue weighted by molar-refractivity contribution is -0.126. The molecule has 0 aromatic heterocycles. The van der Waals surface area contributed by atoms with Gasteiger partial charge in [-0.3, -0.25) is 9.59 Å². The number of hydrogen-bond donors (Lipinski definition) is 1. The summed E-state index contributed by atoms with van der Waals surface area (Å²) in [7, 11) is 0. The fourth-order valence-corrected chi connectivity index (χ4v) is 2.72. The standard InChI is InChI=1S/C15H17BrN2O2/c1-9-6-12(4-5-13(9)16)18-8-10(7-14(18)19)15(20)17-11-2-3-11/h4-6,10-11H,2-3,7-8H2,1H3,(H,17,20). The molecule has 1 aliphatic heterocycles. The average molecular weight is 337 g/mol. The van der Waals surface area contributed by atoms with Crippen LogP contribution in [0.25, 0.3) is 0 Å². The predicted octanol–water partition coefficient (Wildman–Crippen LogP) is 2.39. The highest BCUT2D eigenvalue weighted by Gasteiger charge is 2.37. The zero-order chi connectivity index (χ0) is 14.3. The number of aryl methyl sites for hydroxylation is 1. The van der Waals surface area contributed by atoms with Crippen LogP contribution in [0.5, 0.6) is 0 Å². The average Bonchev–Trinajstić information content (AvgIpc) is 3.13. The number of benzene rings is 1. The number of nitrogens with zero attached hydrogens (tertiary/aromatic N) is 1. The SMILES string of the molecule is Cc1cc(N2CC(C(=O)NC3CC3)CC2=O)ccc1Br. The van der Waals surface area contributed by atoms with Crippen molar-refractivity contribution in [2.24, 2.45) is 5.92 Å². The van der Waals surface area contributed by atoms with E-state index in [4.69, 9.17) is 0 Å². The summed E-state index contributed by atoms with van der Waals surface area (Å²) in [5.41, 5.74) is 1.96. The first-order valence-corrected chi connectivity index (χ1v) is 7.71. The van der Waals surface area contributed by atoms with Crippen molar-refractivity contribution in [2.45, 2.75) is 32.2 Å². The number of nitrogens with one attached hydrogen (secondary N) is 1. The number of halogens is 1. The summed E-state index contributed by atoms with van der Waals surface area (Å²) in [4.78, 5) is 25.9. The van der Waals surface area contributed by atoms with Gasteiger partial charge in [-0.15, -0.1) is 0 Å². The van der Waals surface area contributed by atoms with Crippen LogP contribution in [0.4, 0.5) is 5.69 Å². The normalized spacial score (nSPS) is 22.2. The van der Waals surface area contributed by atoms with Crippen molar-refractivity contribution in [3.05, 3.63) is 28.2 Å². The molecule has 1 unspecified atom stereocenters. The van der Waals surface area contributed by atoms with Gasteiger partial charge in [-0.05, 0) is 43.5 Å². The molecule has 0 spiro atoms. The number of anilines is 1. The van der Waals surface area contributed by atoms with Crippen molar-refractivity contribution < 1.29 is 9.59 Å². The third kappa shape index (κ3) is 2.73. The Labute approximate surface area is 126 Å². The van der Waals surface area contributed by atoms with Gasteiger partial charge in [0.1, 0.15) is 0 Å². The quantitative estimate of drug-likeness (QED) is 0.921. The molecule has 1 heterocycles. The maximum absolute atomic E-state index is 12.1. The van der Waals surface area contributed by atoms with Gasteiger partial charge in [-0.25, -0.2) is 0 Å². The van der Waals surface area contributed by atoms with E-state index in [1.54, 1.807) is 4.90 Å². The Morgan fingerprint density at radius 2 is 2.15 bits per heavy atom. The van der Waals surface area contributed by atoms with Crippen LogP contribution in [0.15, 0.2) is 22.7 Å². The highest BCUT2D eigenvalue weighted by molar-refractivity contribution is 9.10. The van der Waals surface area contributed by atoms with E-state index in [0.717, 1.165) is 28.6 Å². The third-order valence-corrected chi connectivity index (χ3v) is 4.76. The van der Waals surface area contributed by atoms with Crippen LogP contribution in [0.1, 0.15) is 24.8 Å². The molecule has 106 valence electrons. The second-order valence-electron chi connectivity index (χ2n) is 5.62. The van der Waals surface area contributed by atoms with Crippen LogP contribution in [0.2, 0.25) is 0 Å². The first-order chi connectivity index (χ1) is 9.54. The monoisotopic (exact) mass is 336 g/mol. The number of amides is 2. The van der Waals surface area contributed by atoms with Crippen molar-refractivity contribution in [3.8, 4) is 0 Å².